The molecule has 19 heavy (non-hydrogen) atoms. The Morgan fingerprint density at radius 3 is 2.63 bits per heavy atom. The molecule has 0 bridgehead atoms. The first-order valence-electron chi connectivity index (χ1n) is 5.62. The van der Waals surface area contributed by atoms with Crippen molar-refractivity contribution in [1.29, 1.82) is 0 Å². The van der Waals surface area contributed by atoms with Crippen molar-refractivity contribution in [2.75, 3.05) is 0 Å². The van der Waals surface area contributed by atoms with Crippen LogP contribution in [-0.2, 0) is 0 Å². The summed E-state index contributed by atoms with van der Waals surface area (Å²) in [4.78, 5) is 7.95. The highest BCUT2D eigenvalue weighted by atomic mass is 79.9. The van der Waals surface area contributed by atoms with E-state index < -0.39 is 0 Å². The van der Waals surface area contributed by atoms with Gasteiger partial charge in [0.25, 0.3) is 0 Å². The fourth-order valence-electron chi connectivity index (χ4n) is 1.57. The third-order valence-corrected chi connectivity index (χ3v) is 4.24. The molecule has 2 aromatic rings. The van der Waals surface area contributed by atoms with Gasteiger partial charge in [-0.25, -0.2) is 9.97 Å². The summed E-state index contributed by atoms with van der Waals surface area (Å²) in [7, 11) is 0. The summed E-state index contributed by atoms with van der Waals surface area (Å²) in [6, 6.07) is 5.87. The predicted molar refractivity (Wildman–Crippen MR) is 83.0 cm³/mol. The van der Waals surface area contributed by atoms with Gasteiger partial charge in [-0.15, -0.1) is 0 Å². The van der Waals surface area contributed by atoms with E-state index in [1.54, 1.807) is 0 Å². The minimum atomic E-state index is 0.327. The number of hydrogen-bond acceptors (Lipinski definition) is 3. The molecule has 1 aromatic heterocycles. The lowest BCUT2D eigenvalue weighted by Gasteiger charge is -2.14. The molecular weight excluding hydrogens is 395 g/mol. The highest BCUT2D eigenvalue weighted by Gasteiger charge is 2.13. The summed E-state index contributed by atoms with van der Waals surface area (Å²) >= 11 is 12.7. The van der Waals surface area contributed by atoms with Crippen molar-refractivity contribution >= 4 is 43.5 Å². The van der Waals surface area contributed by atoms with E-state index in [-0.39, 0.29) is 0 Å². The van der Waals surface area contributed by atoms with Crippen molar-refractivity contribution in [2.24, 2.45) is 0 Å². The molecule has 0 aliphatic carbocycles. The van der Waals surface area contributed by atoms with Crippen LogP contribution in [0.4, 0.5) is 0 Å². The topological polar surface area (TPSA) is 35.0 Å². The van der Waals surface area contributed by atoms with Gasteiger partial charge in [0, 0.05) is 4.47 Å². The molecule has 0 radical (unpaired) electrons. The Bertz CT molecular complexity index is 605. The minimum absolute atomic E-state index is 0.327. The number of benzene rings is 1. The van der Waals surface area contributed by atoms with Gasteiger partial charge in [-0.2, -0.15) is 0 Å². The van der Waals surface area contributed by atoms with Crippen molar-refractivity contribution in [3.8, 4) is 11.6 Å². The van der Waals surface area contributed by atoms with Gasteiger partial charge < -0.3 is 4.74 Å². The summed E-state index contributed by atoms with van der Waals surface area (Å²) in [5.74, 6) is 1.50. The third kappa shape index (κ3) is 3.46. The molecule has 0 N–H and O–H groups in total. The number of ether oxygens (including phenoxy) is 1. The summed E-state index contributed by atoms with van der Waals surface area (Å²) < 4.78 is 7.40. The second kappa shape index (κ2) is 6.20. The molecule has 1 heterocycles. The van der Waals surface area contributed by atoms with Crippen LogP contribution in [0.1, 0.15) is 25.3 Å². The first-order valence-corrected chi connectivity index (χ1v) is 7.58. The molecule has 6 heteroatoms. The zero-order valence-corrected chi connectivity index (χ0v) is 14.3. The van der Waals surface area contributed by atoms with E-state index in [9.17, 15) is 0 Å². The molecule has 100 valence electrons. The number of rotatable bonds is 3. The Kier molecular flexibility index (Phi) is 4.81. The normalized spacial score (nSPS) is 10.8. The molecule has 0 aliphatic heterocycles. The van der Waals surface area contributed by atoms with Gasteiger partial charge in [0.15, 0.2) is 5.15 Å². The molecule has 3 nitrogen and oxygen atoms in total. The molecule has 0 saturated heterocycles. The lowest BCUT2D eigenvalue weighted by atomic mass is 10.0. The van der Waals surface area contributed by atoms with Gasteiger partial charge in [0.05, 0.1) is 0 Å². The Morgan fingerprint density at radius 2 is 1.95 bits per heavy atom. The Hall–Kier alpha value is -0.650. The second-order valence-corrected chi connectivity index (χ2v) is 6.29. The number of nitrogens with zero attached hydrogens (tertiary/aromatic N) is 2. The first kappa shape index (κ1) is 14.8. The molecule has 0 amide bonds. The van der Waals surface area contributed by atoms with Crippen LogP contribution in [0.5, 0.6) is 11.6 Å². The van der Waals surface area contributed by atoms with Gasteiger partial charge in [0.1, 0.15) is 16.5 Å². The van der Waals surface area contributed by atoms with Gasteiger partial charge in [0.2, 0.25) is 5.88 Å². The second-order valence-electron chi connectivity index (χ2n) is 4.22. The van der Waals surface area contributed by atoms with Crippen molar-refractivity contribution in [3.63, 3.8) is 0 Å². The van der Waals surface area contributed by atoms with Crippen LogP contribution in [0, 0.1) is 0 Å². The lowest BCUT2D eigenvalue weighted by Crippen LogP contribution is -1.97. The zero-order valence-electron chi connectivity index (χ0n) is 10.3. The first-order chi connectivity index (χ1) is 8.99. The maximum atomic E-state index is 5.92. The highest BCUT2D eigenvalue weighted by molar-refractivity contribution is 9.10. The smallest absolute Gasteiger partial charge is 0.238 e. The maximum absolute atomic E-state index is 5.92. The van der Waals surface area contributed by atoms with Crippen LogP contribution in [0.2, 0.25) is 5.15 Å². The molecule has 0 saturated carbocycles. The van der Waals surface area contributed by atoms with Gasteiger partial charge in [-0.05, 0) is 45.6 Å². The van der Waals surface area contributed by atoms with E-state index in [1.165, 1.54) is 6.33 Å². The SMILES string of the molecule is CC(C)c1cc(Br)ccc1Oc1ncnc(Cl)c1Br. The zero-order chi connectivity index (χ0) is 14.0. The van der Waals surface area contributed by atoms with Crippen LogP contribution in [0.3, 0.4) is 0 Å². The fraction of sp³-hybridized carbons (Fsp3) is 0.231. The number of aromatic nitrogens is 2. The third-order valence-electron chi connectivity index (χ3n) is 2.52. The summed E-state index contributed by atoms with van der Waals surface area (Å²) in [5.41, 5.74) is 1.09. The monoisotopic (exact) mass is 404 g/mol. The summed E-state index contributed by atoms with van der Waals surface area (Å²) in [6.45, 7) is 4.22. The Balaban J connectivity index is 2.41. The molecular formula is C13H11Br2ClN2O. The number of hydrogen-bond donors (Lipinski definition) is 0. The van der Waals surface area contributed by atoms with Crippen LogP contribution >= 0.6 is 43.5 Å². The van der Waals surface area contributed by atoms with Crippen LogP contribution in [-0.4, -0.2) is 9.97 Å². The minimum Gasteiger partial charge on any atom is -0.437 e. The van der Waals surface area contributed by atoms with Crippen molar-refractivity contribution < 1.29 is 4.74 Å². The van der Waals surface area contributed by atoms with Gasteiger partial charge in [-0.3, -0.25) is 0 Å². The van der Waals surface area contributed by atoms with Crippen LogP contribution in [0.15, 0.2) is 33.5 Å². The average molecular weight is 407 g/mol. The fourth-order valence-corrected chi connectivity index (χ4v) is 2.36. The van der Waals surface area contributed by atoms with Gasteiger partial charge >= 0.3 is 0 Å². The van der Waals surface area contributed by atoms with Crippen LogP contribution < -0.4 is 4.74 Å². The van der Waals surface area contributed by atoms with Crippen molar-refractivity contribution in [1.82, 2.24) is 9.97 Å². The van der Waals surface area contributed by atoms with E-state index in [1.807, 2.05) is 18.2 Å². The van der Waals surface area contributed by atoms with E-state index in [0.29, 0.717) is 21.4 Å². The maximum Gasteiger partial charge on any atom is 0.238 e. The quantitative estimate of drug-likeness (QED) is 0.625. The largest absolute Gasteiger partial charge is 0.437 e. The van der Waals surface area contributed by atoms with Crippen molar-refractivity contribution in [2.45, 2.75) is 19.8 Å². The standard InChI is InChI=1S/C13H11Br2ClN2O/c1-7(2)9-5-8(14)3-4-10(9)19-13-11(15)12(16)17-6-18-13/h3-7H,1-2H3. The summed E-state index contributed by atoms with van der Waals surface area (Å²) in [5, 5.41) is 0.327. The molecule has 0 spiro atoms. The Labute approximate surface area is 133 Å². The molecule has 2 rings (SSSR count). The van der Waals surface area contributed by atoms with E-state index in [4.69, 9.17) is 16.3 Å². The van der Waals surface area contributed by atoms with Gasteiger partial charge in [-0.1, -0.05) is 41.4 Å². The van der Waals surface area contributed by atoms with E-state index >= 15 is 0 Å². The molecule has 0 atom stereocenters. The predicted octanol–water partition coefficient (Wildman–Crippen LogP) is 5.57. The Morgan fingerprint density at radius 1 is 1.21 bits per heavy atom. The average Bonchev–Trinajstić information content (AvgIpc) is 2.36. The molecule has 0 fully saturated rings. The van der Waals surface area contributed by atoms with E-state index in [0.717, 1.165) is 15.8 Å². The highest BCUT2D eigenvalue weighted by Crippen LogP contribution is 2.36. The van der Waals surface area contributed by atoms with Crippen molar-refractivity contribution in [3.05, 3.63) is 44.2 Å². The number of halogens is 3. The molecule has 0 aliphatic rings. The molecule has 0 unspecified atom stereocenters. The van der Waals surface area contributed by atoms with E-state index in [2.05, 4.69) is 55.7 Å². The van der Waals surface area contributed by atoms with Crippen LogP contribution in [0.25, 0.3) is 0 Å². The lowest BCUT2D eigenvalue weighted by molar-refractivity contribution is 0.449. The molecule has 1 aromatic carbocycles. The summed E-state index contributed by atoms with van der Waals surface area (Å²) in [6.07, 6.45) is 1.37.